The minimum atomic E-state index is -0.326. The minimum Gasteiger partial charge on any atom is -0.384 e. The second kappa shape index (κ2) is 10.9. The Morgan fingerprint density at radius 2 is 2.03 bits per heavy atom. The van der Waals surface area contributed by atoms with Crippen LogP contribution in [0.2, 0.25) is 0 Å². The van der Waals surface area contributed by atoms with E-state index in [0.717, 1.165) is 24.2 Å². The number of nitrogens with zero attached hydrogens (tertiary/aromatic N) is 4. The molecule has 180 valence electrons. The zero-order chi connectivity index (χ0) is 24.7. The smallest absolute Gasteiger partial charge is 0.293 e. The molecule has 0 fully saturated rings. The number of hydrogen-bond acceptors (Lipinski definition) is 7. The van der Waals surface area contributed by atoms with Crippen LogP contribution in [0.3, 0.4) is 0 Å². The summed E-state index contributed by atoms with van der Waals surface area (Å²) in [7, 11) is 0. The van der Waals surface area contributed by atoms with Crippen LogP contribution in [0, 0.1) is 19.3 Å². The van der Waals surface area contributed by atoms with E-state index in [1.54, 1.807) is 25.4 Å². The summed E-state index contributed by atoms with van der Waals surface area (Å²) in [6.07, 6.45) is 10.3. The largest absolute Gasteiger partial charge is 0.384 e. The lowest BCUT2D eigenvalue weighted by Gasteiger charge is -2.29. The van der Waals surface area contributed by atoms with E-state index in [1.807, 2.05) is 25.1 Å². The lowest BCUT2D eigenvalue weighted by Crippen LogP contribution is -2.36. The van der Waals surface area contributed by atoms with E-state index < -0.39 is 0 Å². The van der Waals surface area contributed by atoms with Gasteiger partial charge in [0, 0.05) is 48.8 Å². The first kappa shape index (κ1) is 24.9. The quantitative estimate of drug-likeness (QED) is 0.552. The fraction of sp³-hybridized carbons (Fsp3) is 0.400. The van der Waals surface area contributed by atoms with Gasteiger partial charge in [-0.1, -0.05) is 37.6 Å². The highest BCUT2D eigenvalue weighted by atomic mass is 16.2. The van der Waals surface area contributed by atoms with Gasteiger partial charge in [0.05, 0.1) is 0 Å². The number of carbonyl (C=O) groups excluding carboxylic acids is 1. The molecule has 3 heterocycles. The number of rotatable bonds is 8. The number of aryl methyl sites for hydroxylation is 2. The van der Waals surface area contributed by atoms with E-state index in [0.29, 0.717) is 24.6 Å². The molecule has 34 heavy (non-hydrogen) atoms. The molecule has 0 aliphatic carbocycles. The summed E-state index contributed by atoms with van der Waals surface area (Å²) in [5, 5.41) is 6.04. The van der Waals surface area contributed by atoms with Crippen LogP contribution in [0.1, 0.15) is 37.2 Å². The van der Waals surface area contributed by atoms with Crippen molar-refractivity contribution in [2.24, 2.45) is 10.4 Å². The molecule has 0 unspecified atom stereocenters. The van der Waals surface area contributed by atoms with Crippen LogP contribution in [0.4, 0.5) is 11.6 Å². The van der Waals surface area contributed by atoms with Crippen molar-refractivity contribution in [3.05, 3.63) is 69.4 Å². The molecule has 0 atom stereocenters. The predicted octanol–water partition coefficient (Wildman–Crippen LogP) is 2.55. The third-order valence-corrected chi connectivity index (χ3v) is 5.93. The Bertz CT molecular complexity index is 1190. The van der Waals surface area contributed by atoms with Crippen molar-refractivity contribution in [3.63, 3.8) is 0 Å². The fourth-order valence-corrected chi connectivity index (χ4v) is 3.69. The number of pyridine rings is 1. The first-order valence-corrected chi connectivity index (χ1v) is 11.3. The summed E-state index contributed by atoms with van der Waals surface area (Å²) >= 11 is 0. The second-order valence-electron chi connectivity index (χ2n) is 9.02. The molecule has 1 aliphatic rings. The van der Waals surface area contributed by atoms with Gasteiger partial charge in [0.25, 0.3) is 5.56 Å². The molecule has 0 bridgehead atoms. The van der Waals surface area contributed by atoms with Crippen LogP contribution < -0.4 is 21.9 Å². The third-order valence-electron chi connectivity index (χ3n) is 5.93. The van der Waals surface area contributed by atoms with Gasteiger partial charge >= 0.3 is 0 Å². The van der Waals surface area contributed by atoms with Crippen LogP contribution in [0.25, 0.3) is 0 Å². The van der Waals surface area contributed by atoms with Crippen molar-refractivity contribution in [2.75, 3.05) is 24.1 Å². The molecular weight excluding hydrogens is 430 g/mol. The van der Waals surface area contributed by atoms with Crippen molar-refractivity contribution in [1.82, 2.24) is 19.9 Å². The monoisotopic (exact) mass is 463 g/mol. The third kappa shape index (κ3) is 6.40. The number of nitrogens with one attached hydrogen (secondary N) is 2. The molecule has 9 nitrogen and oxygen atoms in total. The lowest BCUT2D eigenvalue weighted by atomic mass is 9.81. The first-order valence-electron chi connectivity index (χ1n) is 11.3. The Labute approximate surface area is 199 Å². The van der Waals surface area contributed by atoms with E-state index in [1.165, 1.54) is 10.1 Å². The van der Waals surface area contributed by atoms with Gasteiger partial charge in [-0.25, -0.2) is 9.97 Å². The Hall–Kier alpha value is -3.75. The van der Waals surface area contributed by atoms with Gasteiger partial charge in [0.15, 0.2) is 5.82 Å². The number of carbonyl (C=O) groups is 1. The zero-order valence-electron chi connectivity index (χ0n) is 20.3. The van der Waals surface area contributed by atoms with Gasteiger partial charge in [0.1, 0.15) is 12.4 Å². The van der Waals surface area contributed by atoms with Gasteiger partial charge < -0.3 is 16.4 Å². The van der Waals surface area contributed by atoms with Crippen LogP contribution in [0.5, 0.6) is 0 Å². The standard InChI is InChI=1S/C25H33N7O2/c1-17-13-29-23(30-16-25(3,4)20-7-5-6-11-27-12-10-20)24(34)32(17)15-22(33)28-14-19-8-9-21(26)31-18(19)2/h5-9,11,13H,10,12,14-16H2,1-4H3,(H2,26,31)(H,28,33)(H,29,30)/b6-5-,20-7+,27-11?. The molecule has 1 amide bonds. The summed E-state index contributed by atoms with van der Waals surface area (Å²) in [5.41, 5.74) is 8.63. The summed E-state index contributed by atoms with van der Waals surface area (Å²) in [4.78, 5) is 38.5. The van der Waals surface area contributed by atoms with Crippen molar-refractivity contribution >= 4 is 23.8 Å². The number of nitrogen functional groups attached to an aromatic ring is 1. The highest BCUT2D eigenvalue weighted by Crippen LogP contribution is 2.29. The van der Waals surface area contributed by atoms with Crippen LogP contribution in [-0.2, 0) is 17.9 Å². The average Bonchev–Trinajstić information content (AvgIpc) is 2.75. The van der Waals surface area contributed by atoms with Gasteiger partial charge in [-0.15, -0.1) is 0 Å². The molecule has 2 aromatic rings. The zero-order valence-corrected chi connectivity index (χ0v) is 20.3. The van der Waals surface area contributed by atoms with Crippen molar-refractivity contribution in [1.29, 1.82) is 0 Å². The molecule has 0 radical (unpaired) electrons. The SMILES string of the molecule is Cc1nc(N)ccc1CNC(=O)Cn1c(C)cnc(NCC(C)(C)/C2=C/C=C\C=NCC2)c1=O. The number of anilines is 2. The lowest BCUT2D eigenvalue weighted by molar-refractivity contribution is -0.121. The molecule has 0 saturated heterocycles. The summed E-state index contributed by atoms with van der Waals surface area (Å²) in [6.45, 7) is 9.32. The predicted molar refractivity (Wildman–Crippen MR) is 136 cm³/mol. The second-order valence-corrected chi connectivity index (χ2v) is 9.02. The highest BCUT2D eigenvalue weighted by molar-refractivity contribution is 5.76. The number of allylic oxidation sites excluding steroid dienone is 3. The number of hydrogen-bond donors (Lipinski definition) is 3. The van der Waals surface area contributed by atoms with Crippen molar-refractivity contribution < 1.29 is 4.79 Å². The Morgan fingerprint density at radius 1 is 1.24 bits per heavy atom. The molecule has 3 rings (SSSR count). The highest BCUT2D eigenvalue weighted by Gasteiger charge is 2.24. The van der Waals surface area contributed by atoms with Gasteiger partial charge in [-0.3, -0.25) is 19.1 Å². The van der Waals surface area contributed by atoms with E-state index in [4.69, 9.17) is 5.73 Å². The molecular formula is C25H33N7O2. The average molecular weight is 464 g/mol. The van der Waals surface area contributed by atoms with Crippen molar-refractivity contribution in [3.8, 4) is 0 Å². The normalized spacial score (nSPS) is 16.2. The molecule has 0 aromatic carbocycles. The first-order chi connectivity index (χ1) is 16.2. The molecule has 4 N–H and O–H groups in total. The fourth-order valence-electron chi connectivity index (χ4n) is 3.69. The van der Waals surface area contributed by atoms with Gasteiger partial charge in [-0.2, -0.15) is 0 Å². The molecule has 1 aliphatic heterocycles. The van der Waals surface area contributed by atoms with Gasteiger partial charge in [-0.05, 0) is 38.0 Å². The molecule has 9 heteroatoms. The molecule has 2 aromatic heterocycles. The maximum Gasteiger partial charge on any atom is 0.293 e. The Morgan fingerprint density at radius 3 is 2.79 bits per heavy atom. The van der Waals surface area contributed by atoms with Gasteiger partial charge in [0.2, 0.25) is 5.91 Å². The summed E-state index contributed by atoms with van der Waals surface area (Å²) in [5.74, 6) is 0.390. The number of aliphatic imine (C=N–C) groups is 1. The van der Waals surface area contributed by atoms with E-state index in [2.05, 4.69) is 45.5 Å². The van der Waals surface area contributed by atoms with E-state index in [9.17, 15) is 9.59 Å². The summed E-state index contributed by atoms with van der Waals surface area (Å²) in [6, 6.07) is 3.53. The Balaban J connectivity index is 1.67. The minimum absolute atomic E-state index is 0.0966. The van der Waals surface area contributed by atoms with Crippen LogP contribution in [-0.4, -0.2) is 39.7 Å². The van der Waals surface area contributed by atoms with E-state index in [-0.39, 0.29) is 29.2 Å². The number of nitrogens with two attached hydrogens (primary N) is 1. The van der Waals surface area contributed by atoms with Crippen LogP contribution in [0.15, 0.2) is 51.9 Å². The van der Waals surface area contributed by atoms with E-state index >= 15 is 0 Å². The Kier molecular flexibility index (Phi) is 7.99. The number of amides is 1. The van der Waals surface area contributed by atoms with Crippen LogP contribution >= 0.6 is 0 Å². The van der Waals surface area contributed by atoms with Crippen molar-refractivity contribution in [2.45, 2.75) is 47.2 Å². The topological polar surface area (TPSA) is 127 Å². The maximum atomic E-state index is 13.1. The molecule has 0 saturated carbocycles. The maximum absolute atomic E-state index is 13.1. The molecule has 0 spiro atoms. The summed E-state index contributed by atoms with van der Waals surface area (Å²) < 4.78 is 1.43. The number of aromatic nitrogens is 3.